The Morgan fingerprint density at radius 3 is 1.33 bits per heavy atom. The Hall–Kier alpha value is -1.98. The fourth-order valence-electron chi connectivity index (χ4n) is 2.11. The SMILES string of the molecule is COC(=O)c1ccc(P(O)(O)(Cl)c2ccc(C(=O)OC)cc2)cc1. The molecule has 0 aliphatic heterocycles. The molecule has 6 nitrogen and oxygen atoms in total. The van der Waals surface area contributed by atoms with Crippen LogP contribution in [0.4, 0.5) is 0 Å². The summed E-state index contributed by atoms with van der Waals surface area (Å²) in [7, 11) is 2.50. The first kappa shape index (κ1) is 18.4. The molecule has 0 fully saturated rings. The van der Waals surface area contributed by atoms with Gasteiger partial charge in [-0.25, -0.2) is 0 Å². The van der Waals surface area contributed by atoms with E-state index in [2.05, 4.69) is 9.47 Å². The number of carbonyl (C=O) groups excluding carboxylic acids is 2. The number of ether oxygens (including phenoxy) is 2. The van der Waals surface area contributed by atoms with Gasteiger partial charge in [0.15, 0.2) is 0 Å². The molecule has 128 valence electrons. The molecule has 0 spiro atoms. The van der Waals surface area contributed by atoms with Crippen molar-refractivity contribution in [2.45, 2.75) is 0 Å². The predicted molar refractivity (Wildman–Crippen MR) is 92.0 cm³/mol. The van der Waals surface area contributed by atoms with Gasteiger partial charge in [-0.05, 0) is 0 Å². The molecule has 24 heavy (non-hydrogen) atoms. The molecule has 0 aliphatic carbocycles. The number of carbonyl (C=O) groups is 2. The molecule has 0 radical (unpaired) electrons. The fourth-order valence-corrected chi connectivity index (χ4v) is 4.44. The number of hydrogen-bond donors (Lipinski definition) is 2. The molecule has 0 amide bonds. The Labute approximate surface area is 143 Å². The van der Waals surface area contributed by atoms with E-state index in [-0.39, 0.29) is 21.7 Å². The van der Waals surface area contributed by atoms with Crippen molar-refractivity contribution in [3.63, 3.8) is 0 Å². The van der Waals surface area contributed by atoms with Crippen molar-refractivity contribution in [1.82, 2.24) is 0 Å². The van der Waals surface area contributed by atoms with Gasteiger partial charge in [0.05, 0.1) is 0 Å². The van der Waals surface area contributed by atoms with Gasteiger partial charge >= 0.3 is 143 Å². The minimum atomic E-state index is -4.91. The average molecular weight is 371 g/mol. The summed E-state index contributed by atoms with van der Waals surface area (Å²) >= 11 is 6.18. The van der Waals surface area contributed by atoms with Crippen LogP contribution >= 0.6 is 17.7 Å². The van der Waals surface area contributed by atoms with Crippen molar-refractivity contribution in [3.05, 3.63) is 59.7 Å². The van der Waals surface area contributed by atoms with Gasteiger partial charge in [0, 0.05) is 0 Å². The molecule has 0 atom stereocenters. The van der Waals surface area contributed by atoms with Crippen LogP contribution in [0.5, 0.6) is 0 Å². The van der Waals surface area contributed by atoms with Gasteiger partial charge < -0.3 is 0 Å². The molecule has 0 aromatic heterocycles. The zero-order chi connectivity index (χ0) is 18.0. The van der Waals surface area contributed by atoms with E-state index in [0.717, 1.165) is 0 Å². The number of esters is 2. The summed E-state index contributed by atoms with van der Waals surface area (Å²) in [5, 5.41) is 0.113. The Balaban J connectivity index is 2.42. The second kappa shape index (κ2) is 6.49. The van der Waals surface area contributed by atoms with Crippen LogP contribution in [-0.2, 0) is 9.47 Å². The quantitative estimate of drug-likeness (QED) is 0.629. The Morgan fingerprint density at radius 1 is 0.792 bits per heavy atom. The molecule has 0 unspecified atom stereocenters. The van der Waals surface area contributed by atoms with Gasteiger partial charge in [-0.15, -0.1) is 0 Å². The standard InChI is InChI=1S/C16H16ClO6P/c1-22-15(18)11-3-7-13(8-4-11)24(17,20,21)14-9-5-12(6-10-14)16(19)23-2/h3-10,20-21H,1-2H3. The molecular weight excluding hydrogens is 355 g/mol. The molecule has 2 aromatic rings. The van der Waals surface area contributed by atoms with E-state index < -0.39 is 18.3 Å². The zero-order valence-corrected chi connectivity index (χ0v) is 14.6. The molecule has 2 aromatic carbocycles. The monoisotopic (exact) mass is 370 g/mol. The van der Waals surface area contributed by atoms with Crippen LogP contribution in [0.2, 0.25) is 0 Å². The van der Waals surface area contributed by atoms with Crippen LogP contribution < -0.4 is 10.6 Å². The molecule has 2 rings (SSSR count). The number of benzene rings is 2. The number of hydrogen-bond acceptors (Lipinski definition) is 6. The predicted octanol–water partition coefficient (Wildman–Crippen LogP) is 1.73. The fraction of sp³-hybridized carbons (Fsp3) is 0.125. The van der Waals surface area contributed by atoms with E-state index in [9.17, 15) is 19.4 Å². The summed E-state index contributed by atoms with van der Waals surface area (Å²) < 4.78 is 9.18. The van der Waals surface area contributed by atoms with Gasteiger partial charge in [-0.2, -0.15) is 0 Å². The van der Waals surface area contributed by atoms with Crippen LogP contribution in [0.25, 0.3) is 0 Å². The average Bonchev–Trinajstić information content (AvgIpc) is 2.60. The van der Waals surface area contributed by atoms with E-state index in [1.807, 2.05) is 0 Å². The van der Waals surface area contributed by atoms with E-state index in [1.54, 1.807) is 0 Å². The maximum absolute atomic E-state index is 11.4. The van der Waals surface area contributed by atoms with Crippen molar-refractivity contribution in [2.24, 2.45) is 0 Å². The third kappa shape index (κ3) is 3.42. The molecule has 0 heterocycles. The molecular formula is C16H16ClO6P. The number of rotatable bonds is 4. The van der Waals surface area contributed by atoms with Crippen molar-refractivity contribution < 1.29 is 28.8 Å². The normalized spacial score (nSPS) is 12.8. The van der Waals surface area contributed by atoms with E-state index in [1.165, 1.54) is 62.8 Å². The summed E-state index contributed by atoms with van der Waals surface area (Å²) in [6, 6.07) is 11.0. The van der Waals surface area contributed by atoms with Crippen molar-refractivity contribution in [1.29, 1.82) is 0 Å². The molecule has 0 bridgehead atoms. The van der Waals surface area contributed by atoms with Gasteiger partial charge in [-0.1, -0.05) is 0 Å². The first-order valence-corrected chi connectivity index (χ1v) is 9.84. The van der Waals surface area contributed by atoms with E-state index in [0.29, 0.717) is 0 Å². The van der Waals surface area contributed by atoms with Gasteiger partial charge in [-0.3, -0.25) is 0 Å². The van der Waals surface area contributed by atoms with Gasteiger partial charge in [0.25, 0.3) is 0 Å². The minimum absolute atomic E-state index is 0.0566. The molecule has 0 saturated heterocycles. The third-order valence-corrected chi connectivity index (χ3v) is 7.09. The maximum atomic E-state index is 11.4. The number of methoxy groups -OCH3 is 2. The number of halogens is 1. The second-order valence-corrected chi connectivity index (χ2v) is 9.80. The second-order valence-electron chi connectivity index (χ2n) is 5.00. The van der Waals surface area contributed by atoms with Crippen LogP contribution in [0, 0.1) is 0 Å². The van der Waals surface area contributed by atoms with Crippen LogP contribution in [-0.4, -0.2) is 35.9 Å². The Kier molecular flexibility index (Phi) is 4.97. The van der Waals surface area contributed by atoms with E-state index in [4.69, 9.17) is 11.2 Å². The first-order valence-electron chi connectivity index (χ1n) is 6.79. The molecule has 2 N–H and O–H groups in total. The Bertz CT molecular complexity index is 698. The molecule has 0 aliphatic rings. The molecule has 8 heteroatoms. The summed E-state index contributed by atoms with van der Waals surface area (Å²) in [6.07, 6.45) is -4.91. The summed E-state index contributed by atoms with van der Waals surface area (Å²) in [4.78, 5) is 44.3. The summed E-state index contributed by atoms with van der Waals surface area (Å²) in [6.45, 7) is 0. The summed E-state index contributed by atoms with van der Waals surface area (Å²) in [5.41, 5.74) is 0.511. The van der Waals surface area contributed by atoms with Crippen molar-refractivity contribution >= 4 is 40.2 Å². The van der Waals surface area contributed by atoms with Gasteiger partial charge in [0.1, 0.15) is 0 Å². The Morgan fingerprint density at radius 2 is 1.08 bits per heavy atom. The van der Waals surface area contributed by atoms with Crippen LogP contribution in [0.3, 0.4) is 0 Å². The van der Waals surface area contributed by atoms with Crippen molar-refractivity contribution in [3.8, 4) is 0 Å². The molecule has 0 saturated carbocycles. The van der Waals surface area contributed by atoms with Crippen LogP contribution in [0.15, 0.2) is 48.5 Å². The first-order chi connectivity index (χ1) is 11.2. The topological polar surface area (TPSA) is 93.1 Å². The summed E-state index contributed by atoms with van der Waals surface area (Å²) in [5.74, 6) is -1.09. The van der Waals surface area contributed by atoms with Crippen LogP contribution in [0.1, 0.15) is 20.7 Å². The van der Waals surface area contributed by atoms with Gasteiger partial charge in [0.2, 0.25) is 0 Å². The zero-order valence-electron chi connectivity index (χ0n) is 13.0. The van der Waals surface area contributed by atoms with Crippen molar-refractivity contribution in [2.75, 3.05) is 14.2 Å². The van der Waals surface area contributed by atoms with E-state index >= 15 is 0 Å². The third-order valence-electron chi connectivity index (χ3n) is 3.49.